The van der Waals surface area contributed by atoms with Crippen LogP contribution in [0.2, 0.25) is 0 Å². The van der Waals surface area contributed by atoms with Crippen molar-refractivity contribution in [1.29, 1.82) is 0 Å². The number of pyridine rings is 1. The number of hydrogen-bond acceptors (Lipinski definition) is 3. The standard InChI is InChI=1S/C44H24Br4N4.C6H5NO2.Mo.O/c45-29-9-1-25(2-10-29)41-33-17-19-35(49-33)42(26-3-11-30(46)12-4-26)37-21-23-39(51-37)44(28-7-15-32(48)16-8-28)40-24-22-38(52-40)43(36-20-18-34(41)50-36)27-5-13-31(47)14-6-27;8-6(9)5-1-3-7-4-2-5;;/h1-24H;1-4H,(H,8,9);;/q;;+3;-2/p-1. The average Bonchev–Trinajstić information content (AvgIpc) is 4.12. The molecule has 9 aromatic rings. The molecule has 8 nitrogen and oxygen atoms in total. The molecule has 0 saturated heterocycles. The Morgan fingerprint density at radius 3 is 0.762 bits per heavy atom. The summed E-state index contributed by atoms with van der Waals surface area (Å²) in [6, 6.07) is 52.8. The SMILES string of the molecule is Brc1ccc([C+]2c3ccc([n-]3)[C+](c3ccc(Br)cc3)c3ccc([n-]3)[C+](c3ccc(Br)cc3)c3ccc([n-]3)[C+](c3ccc(Br)cc3)c3ccc2[n-]3)cc1.O=C([O-])c1ccncc1.[Mo+3].[O-2]. The number of halogens is 4. The zero-order valence-electron chi connectivity index (χ0n) is 32.5. The Balaban J connectivity index is 0.000000485. The summed E-state index contributed by atoms with van der Waals surface area (Å²) in [4.78, 5) is 35.1. The van der Waals surface area contributed by atoms with Gasteiger partial charge in [-0.2, -0.15) is 0 Å². The van der Waals surface area contributed by atoms with E-state index in [9.17, 15) is 9.90 Å². The second kappa shape index (κ2) is 20.0. The number of rotatable bonds is 5. The first kappa shape index (κ1) is 45.7. The van der Waals surface area contributed by atoms with Gasteiger partial charge >= 0.3 is 21.1 Å². The van der Waals surface area contributed by atoms with E-state index in [-0.39, 0.29) is 32.1 Å². The first-order valence-electron chi connectivity index (χ1n) is 18.9. The van der Waals surface area contributed by atoms with Crippen molar-refractivity contribution >= 4 is 69.7 Å². The van der Waals surface area contributed by atoms with E-state index in [1.165, 1.54) is 24.5 Å². The number of benzene rings is 4. The zero-order chi connectivity index (χ0) is 42.0. The minimum atomic E-state index is -1.17. The Bertz CT molecular complexity index is 2480. The van der Waals surface area contributed by atoms with Gasteiger partial charge in [0.25, 0.3) is 0 Å². The van der Waals surface area contributed by atoms with Gasteiger partial charge in [0.2, 0.25) is 0 Å². The number of hydrogen-bond donors (Lipinski definition) is 0. The van der Waals surface area contributed by atoms with Crippen LogP contribution in [0.15, 0.2) is 188 Å². The first-order valence-corrected chi connectivity index (χ1v) is 22.1. The van der Waals surface area contributed by atoms with Crippen LogP contribution >= 0.6 is 63.7 Å². The summed E-state index contributed by atoms with van der Waals surface area (Å²) in [6.45, 7) is 0. The third-order valence-corrected chi connectivity index (χ3v) is 12.2. The number of fused-ring (bicyclic) bond motifs is 8. The van der Waals surface area contributed by atoms with Crippen LogP contribution in [0.25, 0.3) is 0 Å². The van der Waals surface area contributed by atoms with Gasteiger partial charge < -0.3 is 35.3 Å². The van der Waals surface area contributed by atoms with Crippen molar-refractivity contribution in [1.82, 2.24) is 24.9 Å². The van der Waals surface area contributed by atoms with Crippen LogP contribution < -0.4 is 25.0 Å². The van der Waals surface area contributed by atoms with Crippen LogP contribution in [0.1, 0.15) is 78.2 Å². The summed E-state index contributed by atoms with van der Waals surface area (Å²) >= 11 is 14.5. The fraction of sp³-hybridized carbons (Fsp3) is 0. The Morgan fingerprint density at radius 2 is 0.587 bits per heavy atom. The molecule has 0 atom stereocenters. The topological polar surface area (TPSA) is 138 Å². The van der Waals surface area contributed by atoms with E-state index in [0.717, 1.165) is 109 Å². The van der Waals surface area contributed by atoms with Crippen molar-refractivity contribution < 1.29 is 36.4 Å². The van der Waals surface area contributed by atoms with Gasteiger partial charge in [-0.3, -0.25) is 4.98 Å². The summed E-state index contributed by atoms with van der Waals surface area (Å²) in [5.74, 6) is 2.61. The van der Waals surface area contributed by atoms with Crippen molar-refractivity contribution in [2.45, 2.75) is 0 Å². The number of carboxylic acid groups (broad SMARTS) is 1. The largest absolute Gasteiger partial charge is 3.00 e. The molecule has 1 radical (unpaired) electrons. The summed E-state index contributed by atoms with van der Waals surface area (Å²) in [5.41, 5.74) is 10.9. The molecule has 13 heteroatoms. The molecular formula is C50H28Br4MoN5O3. The average molecular weight is 1160 g/mol. The molecule has 0 fully saturated rings. The van der Waals surface area contributed by atoms with Crippen molar-refractivity contribution in [2.75, 3.05) is 0 Å². The molecule has 0 unspecified atom stereocenters. The molecule has 63 heavy (non-hydrogen) atoms. The van der Waals surface area contributed by atoms with Crippen molar-refractivity contribution in [3.05, 3.63) is 285 Å². The minimum Gasteiger partial charge on any atom is -2.00 e. The summed E-state index contributed by atoms with van der Waals surface area (Å²) < 4.78 is 4.02. The second-order valence-corrected chi connectivity index (χ2v) is 17.6. The monoisotopic (exact) mass is 1160 g/mol. The predicted molar refractivity (Wildman–Crippen MR) is 247 cm³/mol. The fourth-order valence-corrected chi connectivity index (χ4v) is 8.28. The quantitative estimate of drug-likeness (QED) is 0.124. The number of aromatic nitrogens is 5. The third-order valence-electron chi connectivity index (χ3n) is 10.1. The molecular weight excluding hydrogens is 1130 g/mol. The maximum atomic E-state index is 10.1. The van der Waals surface area contributed by atoms with Gasteiger partial charge in [0.1, 0.15) is 0 Å². The van der Waals surface area contributed by atoms with Gasteiger partial charge in [-0.15, -0.1) is 0 Å². The summed E-state index contributed by atoms with van der Waals surface area (Å²) in [6.07, 6.45) is 2.82. The molecule has 4 aromatic carbocycles. The van der Waals surface area contributed by atoms with E-state index in [1.54, 1.807) is 0 Å². The Kier molecular flexibility index (Phi) is 14.5. The van der Waals surface area contributed by atoms with E-state index in [2.05, 4.69) is 214 Å². The van der Waals surface area contributed by atoms with Crippen LogP contribution in [0, 0.1) is 23.7 Å². The molecule has 0 aliphatic carbocycles. The molecule has 1 aliphatic rings. The summed E-state index contributed by atoms with van der Waals surface area (Å²) in [5, 5.41) is 10.1. The fourth-order valence-electron chi connectivity index (χ4n) is 7.22. The predicted octanol–water partition coefficient (Wildman–Crippen LogP) is 10.3. The third kappa shape index (κ3) is 9.92. The molecule has 0 amide bonds. The second-order valence-electron chi connectivity index (χ2n) is 13.9. The van der Waals surface area contributed by atoms with Crippen molar-refractivity contribution in [3.63, 3.8) is 0 Å². The summed E-state index contributed by atoms with van der Waals surface area (Å²) in [7, 11) is 0. The first-order chi connectivity index (χ1) is 29.7. The van der Waals surface area contributed by atoms with Crippen LogP contribution in [0.3, 0.4) is 0 Å². The molecule has 0 saturated carbocycles. The Morgan fingerprint density at radius 1 is 0.381 bits per heavy atom. The number of carboxylic acids is 1. The number of nitrogens with zero attached hydrogens (tertiary/aromatic N) is 5. The number of carbonyl (C=O) groups is 1. The number of aromatic carboxylic acids is 1. The molecule has 8 bridgehead atoms. The van der Waals surface area contributed by atoms with Gasteiger partial charge in [-0.1, -0.05) is 0 Å². The molecule has 10 rings (SSSR count). The maximum absolute atomic E-state index is 10.1. The van der Waals surface area contributed by atoms with E-state index >= 15 is 0 Å². The maximum Gasteiger partial charge on any atom is 3.00 e. The van der Waals surface area contributed by atoms with E-state index < -0.39 is 5.97 Å². The molecule has 0 N–H and O–H groups in total. The van der Waals surface area contributed by atoms with Crippen LogP contribution in [-0.4, -0.2) is 11.0 Å². The van der Waals surface area contributed by atoms with Crippen LogP contribution in [-0.2, 0) is 26.5 Å². The van der Waals surface area contributed by atoms with Crippen molar-refractivity contribution in [3.8, 4) is 0 Å². The van der Waals surface area contributed by atoms with Crippen molar-refractivity contribution in [2.24, 2.45) is 0 Å². The van der Waals surface area contributed by atoms with Gasteiger partial charge in [-0.05, 0) is 170 Å². The number of carbonyl (C=O) groups excluding carboxylic acids is 1. The molecule has 6 heterocycles. The molecule has 5 aromatic heterocycles. The van der Waals surface area contributed by atoms with Gasteiger partial charge in [-0.25, -0.2) is 0 Å². The normalized spacial score (nSPS) is 11.9. The smallest absolute Gasteiger partial charge is 2.00 e. The van der Waals surface area contributed by atoms with Crippen LogP contribution in [0.5, 0.6) is 0 Å². The minimum absolute atomic E-state index is 0. The van der Waals surface area contributed by atoms with E-state index in [0.29, 0.717) is 0 Å². The van der Waals surface area contributed by atoms with Crippen LogP contribution in [0.4, 0.5) is 0 Å². The van der Waals surface area contributed by atoms with E-state index in [1.807, 2.05) is 0 Å². The van der Waals surface area contributed by atoms with E-state index in [4.69, 9.17) is 19.9 Å². The Labute approximate surface area is 412 Å². The Hall–Kier alpha value is -5.33. The molecule has 305 valence electrons. The van der Waals surface area contributed by atoms with Gasteiger partial charge in [0.05, 0.1) is 28.2 Å². The van der Waals surface area contributed by atoms with Gasteiger partial charge in [0.15, 0.2) is 0 Å². The zero-order valence-corrected chi connectivity index (χ0v) is 40.9. The molecule has 1 aliphatic heterocycles. The van der Waals surface area contributed by atoms with Gasteiger partial charge in [0, 0.05) is 157 Å². The molecule has 0 spiro atoms.